The Morgan fingerprint density at radius 3 is 2.07 bits per heavy atom. The van der Waals surface area contributed by atoms with Crippen molar-refractivity contribution in [2.24, 2.45) is 34.5 Å². The van der Waals surface area contributed by atoms with E-state index in [9.17, 15) is 34.2 Å². The molecule has 2 aromatic rings. The van der Waals surface area contributed by atoms with Gasteiger partial charge in [-0.25, -0.2) is 0 Å². The van der Waals surface area contributed by atoms with Gasteiger partial charge in [0, 0.05) is 11.3 Å². The highest BCUT2D eigenvalue weighted by Gasteiger charge is 2.76. The molecule has 6 atom stereocenters. The molecule has 41 heavy (non-hydrogen) atoms. The van der Waals surface area contributed by atoms with Crippen LogP contribution in [0, 0.1) is 34.5 Å². The van der Waals surface area contributed by atoms with Crippen LogP contribution in [0.5, 0.6) is 5.75 Å². The second kappa shape index (κ2) is 9.28. The minimum absolute atomic E-state index is 0.0151. The Hall–Kier alpha value is -3.45. The zero-order valence-electron chi connectivity index (χ0n) is 24.7. The van der Waals surface area contributed by atoms with E-state index in [-0.39, 0.29) is 30.1 Å². The molecule has 2 saturated carbocycles. The number of hydrogen-bond donors (Lipinski definition) is 2. The fourth-order valence-electron chi connectivity index (χ4n) is 8.45. The first-order valence-corrected chi connectivity index (χ1v) is 14.4. The quantitative estimate of drug-likeness (QED) is 0.512. The molecule has 2 aromatic carbocycles. The number of benzene rings is 2. The Morgan fingerprint density at radius 1 is 0.927 bits per heavy atom. The van der Waals surface area contributed by atoms with E-state index in [1.807, 2.05) is 24.3 Å². The molecule has 3 unspecified atom stereocenters. The molecular weight excluding hydrogens is 520 g/mol. The van der Waals surface area contributed by atoms with Gasteiger partial charge in [-0.1, -0.05) is 71.9 Å². The number of aliphatic hydroxyl groups is 1. The zero-order chi connectivity index (χ0) is 30.4. The number of carbonyl (C=O) groups is 5. The number of ketones is 5. The number of fused-ring (bicyclic) bond motifs is 3. The van der Waals surface area contributed by atoms with E-state index in [0.29, 0.717) is 11.5 Å². The van der Waals surface area contributed by atoms with Crippen LogP contribution in [0.15, 0.2) is 36.4 Å². The van der Waals surface area contributed by atoms with Gasteiger partial charge in [0.15, 0.2) is 28.7 Å². The maximum atomic E-state index is 14.4. The summed E-state index contributed by atoms with van der Waals surface area (Å²) >= 11 is 0. The highest BCUT2D eigenvalue weighted by molar-refractivity contribution is 6.32. The summed E-state index contributed by atoms with van der Waals surface area (Å²) in [5, 5.41) is 23.0. The highest BCUT2D eigenvalue weighted by Crippen LogP contribution is 2.64. The Bertz CT molecular complexity index is 1520. The molecule has 3 aliphatic carbocycles. The monoisotopic (exact) mass is 558 g/mol. The fraction of sp³-hybridized carbons (Fsp3) is 0.500. The first-order chi connectivity index (χ1) is 19.0. The van der Waals surface area contributed by atoms with Crippen molar-refractivity contribution < 1.29 is 34.2 Å². The fourth-order valence-corrected chi connectivity index (χ4v) is 8.45. The van der Waals surface area contributed by atoms with Gasteiger partial charge in [0.05, 0.1) is 11.5 Å². The average molecular weight is 559 g/mol. The average Bonchev–Trinajstić information content (AvgIpc) is 2.86. The lowest BCUT2D eigenvalue weighted by Gasteiger charge is -2.61. The van der Waals surface area contributed by atoms with Crippen molar-refractivity contribution in [1.29, 1.82) is 0 Å². The molecule has 0 aliphatic heterocycles. The summed E-state index contributed by atoms with van der Waals surface area (Å²) < 4.78 is 0. The van der Waals surface area contributed by atoms with E-state index < -0.39 is 63.1 Å². The predicted octanol–water partition coefficient (Wildman–Crippen LogP) is 4.88. The van der Waals surface area contributed by atoms with Crippen molar-refractivity contribution in [3.8, 4) is 16.9 Å². The Kier molecular flexibility index (Phi) is 6.58. The van der Waals surface area contributed by atoms with E-state index in [2.05, 4.69) is 13.8 Å². The lowest BCUT2D eigenvalue weighted by atomic mass is 9.40. The van der Waals surface area contributed by atoms with Crippen LogP contribution in [0.1, 0.15) is 82.3 Å². The van der Waals surface area contributed by atoms with Crippen molar-refractivity contribution in [3.05, 3.63) is 53.1 Å². The van der Waals surface area contributed by atoms with Gasteiger partial charge >= 0.3 is 0 Å². The normalized spacial score (nSPS) is 33.1. The standard InChI is InChI=1S/C34H38O7/c1-16(2)19-8-10-20(11-9-19)21-12-13-23(36)25-22(21)14-32(6)15-33(7)26(17(3)4)28(37)24(18(5)35)30(39)34(33,41)31(40)27(32)29(25)38/h8-13,16-17,24,26-27,36,41H,14-15H2,1-7H3/t24?,26?,27?,32-,33-,34+/m1/s1. The van der Waals surface area contributed by atoms with E-state index in [1.54, 1.807) is 33.8 Å². The third-order valence-electron chi connectivity index (χ3n) is 10.2. The Morgan fingerprint density at radius 2 is 1.54 bits per heavy atom. The number of phenolic OH excluding ortho intramolecular Hbond substituents is 1. The molecular formula is C34H38O7. The summed E-state index contributed by atoms with van der Waals surface area (Å²) in [4.78, 5) is 68.5. The Labute approximate surface area is 240 Å². The van der Waals surface area contributed by atoms with Gasteiger partial charge in [-0.05, 0) is 65.3 Å². The van der Waals surface area contributed by atoms with Crippen LogP contribution in [0.3, 0.4) is 0 Å². The maximum absolute atomic E-state index is 14.4. The molecule has 5 rings (SSSR count). The van der Waals surface area contributed by atoms with Gasteiger partial charge in [-0.3, -0.25) is 24.0 Å². The second-order valence-corrected chi connectivity index (χ2v) is 13.6. The van der Waals surface area contributed by atoms with Crippen molar-refractivity contribution in [1.82, 2.24) is 0 Å². The molecule has 7 nitrogen and oxygen atoms in total. The minimum Gasteiger partial charge on any atom is -0.507 e. The van der Waals surface area contributed by atoms with Crippen LogP contribution in [0.4, 0.5) is 0 Å². The molecule has 0 amide bonds. The molecule has 0 aromatic heterocycles. The summed E-state index contributed by atoms with van der Waals surface area (Å²) in [6.07, 6.45) is 0.250. The SMILES string of the molecule is CC(=O)C1C(=O)C(C(C)C)[C@@]2(C)C[C@@]3(C)Cc4c(-c5ccc(C(C)C)cc5)ccc(O)c4C(=O)C3C(=O)[C@@]2(O)C1=O. The summed E-state index contributed by atoms with van der Waals surface area (Å²) in [5.41, 5.74) is -1.89. The Balaban J connectivity index is 1.71. The second-order valence-electron chi connectivity index (χ2n) is 13.6. The number of aromatic hydroxyl groups is 1. The third-order valence-corrected chi connectivity index (χ3v) is 10.2. The maximum Gasteiger partial charge on any atom is 0.190 e. The van der Waals surface area contributed by atoms with Gasteiger partial charge in [0.25, 0.3) is 0 Å². The molecule has 0 radical (unpaired) electrons. The summed E-state index contributed by atoms with van der Waals surface area (Å²) in [6, 6.07) is 11.2. The van der Waals surface area contributed by atoms with Gasteiger partial charge in [-0.15, -0.1) is 0 Å². The van der Waals surface area contributed by atoms with E-state index in [0.717, 1.165) is 23.6 Å². The van der Waals surface area contributed by atoms with Gasteiger partial charge < -0.3 is 10.2 Å². The first kappa shape index (κ1) is 29.1. The van der Waals surface area contributed by atoms with Crippen molar-refractivity contribution in [3.63, 3.8) is 0 Å². The third kappa shape index (κ3) is 3.77. The van der Waals surface area contributed by atoms with E-state index in [1.165, 1.54) is 6.07 Å². The lowest BCUT2D eigenvalue weighted by Crippen LogP contribution is -2.76. The minimum atomic E-state index is -2.69. The van der Waals surface area contributed by atoms with Crippen molar-refractivity contribution >= 4 is 28.9 Å². The number of phenols is 1. The molecule has 2 fully saturated rings. The van der Waals surface area contributed by atoms with Gasteiger partial charge in [0.1, 0.15) is 17.5 Å². The molecule has 216 valence electrons. The topological polar surface area (TPSA) is 126 Å². The zero-order valence-corrected chi connectivity index (χ0v) is 24.7. The van der Waals surface area contributed by atoms with Crippen molar-refractivity contribution in [2.45, 2.75) is 72.8 Å². The first-order valence-electron chi connectivity index (χ1n) is 14.4. The summed E-state index contributed by atoms with van der Waals surface area (Å²) in [7, 11) is 0. The molecule has 3 aliphatic rings. The molecule has 7 heteroatoms. The lowest BCUT2D eigenvalue weighted by molar-refractivity contribution is -0.205. The predicted molar refractivity (Wildman–Crippen MR) is 152 cm³/mol. The van der Waals surface area contributed by atoms with Crippen LogP contribution in [-0.4, -0.2) is 44.7 Å². The number of rotatable bonds is 4. The molecule has 2 N–H and O–H groups in total. The summed E-state index contributed by atoms with van der Waals surface area (Å²) in [6.45, 7) is 12.2. The van der Waals surface area contributed by atoms with Crippen LogP contribution < -0.4 is 0 Å². The van der Waals surface area contributed by atoms with Crippen LogP contribution in [-0.2, 0) is 25.6 Å². The highest BCUT2D eigenvalue weighted by atomic mass is 16.3. The van der Waals surface area contributed by atoms with Crippen LogP contribution in [0.2, 0.25) is 0 Å². The van der Waals surface area contributed by atoms with Crippen LogP contribution >= 0.6 is 0 Å². The summed E-state index contributed by atoms with van der Waals surface area (Å²) in [5.74, 6) is -8.52. The van der Waals surface area contributed by atoms with E-state index >= 15 is 0 Å². The van der Waals surface area contributed by atoms with Crippen LogP contribution in [0.25, 0.3) is 11.1 Å². The molecule has 0 spiro atoms. The number of Topliss-reactive ketones (excluding diaryl/α,β-unsaturated/α-hetero) is 5. The van der Waals surface area contributed by atoms with Gasteiger partial charge in [-0.2, -0.15) is 0 Å². The smallest absolute Gasteiger partial charge is 0.190 e. The largest absolute Gasteiger partial charge is 0.507 e. The number of carbonyl (C=O) groups excluding carboxylic acids is 5. The van der Waals surface area contributed by atoms with E-state index in [4.69, 9.17) is 0 Å². The van der Waals surface area contributed by atoms with Crippen molar-refractivity contribution in [2.75, 3.05) is 0 Å². The number of hydrogen-bond acceptors (Lipinski definition) is 7. The molecule has 0 heterocycles. The molecule has 0 saturated heterocycles. The van der Waals surface area contributed by atoms with Gasteiger partial charge in [0.2, 0.25) is 0 Å². The molecule has 0 bridgehead atoms.